The van der Waals surface area contributed by atoms with Gasteiger partial charge in [-0.3, -0.25) is 4.98 Å². The quantitative estimate of drug-likeness (QED) is 0.826. The van der Waals surface area contributed by atoms with Crippen LogP contribution in [0.3, 0.4) is 0 Å². The highest BCUT2D eigenvalue weighted by Crippen LogP contribution is 2.21. The first-order chi connectivity index (χ1) is 8.33. The van der Waals surface area contributed by atoms with E-state index in [9.17, 15) is 0 Å². The monoisotopic (exact) mass is 231 g/mol. The van der Waals surface area contributed by atoms with Crippen molar-refractivity contribution in [1.29, 1.82) is 0 Å². The second-order valence-electron chi connectivity index (χ2n) is 3.42. The second kappa shape index (κ2) is 5.38. The first-order valence-electron chi connectivity index (χ1n) is 5.21. The lowest BCUT2D eigenvalue weighted by Crippen LogP contribution is -2.03. The van der Waals surface area contributed by atoms with Crippen molar-refractivity contribution >= 4 is 0 Å². The Labute approximate surface area is 98.9 Å². The van der Waals surface area contributed by atoms with Crippen molar-refractivity contribution in [3.63, 3.8) is 0 Å². The van der Waals surface area contributed by atoms with Gasteiger partial charge in [0.15, 0.2) is 0 Å². The van der Waals surface area contributed by atoms with E-state index < -0.39 is 0 Å². The summed E-state index contributed by atoms with van der Waals surface area (Å²) in [6.07, 6.45) is 3.13. The van der Waals surface area contributed by atoms with Crippen molar-refractivity contribution in [3.05, 3.63) is 47.9 Å². The van der Waals surface area contributed by atoms with E-state index >= 15 is 0 Å². The van der Waals surface area contributed by atoms with Crippen LogP contribution >= 0.6 is 0 Å². The third kappa shape index (κ3) is 2.77. The average molecular weight is 231 g/mol. The number of aliphatic hydroxyl groups excluding tert-OH is 1. The lowest BCUT2D eigenvalue weighted by Gasteiger charge is -2.07. The molecule has 0 saturated heterocycles. The molecule has 0 saturated carbocycles. The van der Waals surface area contributed by atoms with Gasteiger partial charge in [-0.05, 0) is 17.7 Å². The number of nitrogens with two attached hydrogens (primary N) is 1. The fourth-order valence-electron chi connectivity index (χ4n) is 1.35. The van der Waals surface area contributed by atoms with E-state index in [0.717, 1.165) is 5.56 Å². The summed E-state index contributed by atoms with van der Waals surface area (Å²) in [5.74, 6) is 1.05. The molecule has 2 rings (SSSR count). The Bertz CT molecular complexity index is 485. The van der Waals surface area contributed by atoms with Crippen molar-refractivity contribution in [2.75, 3.05) is 0 Å². The van der Waals surface area contributed by atoms with Crippen molar-refractivity contribution in [2.45, 2.75) is 13.2 Å². The van der Waals surface area contributed by atoms with Gasteiger partial charge in [0.2, 0.25) is 5.88 Å². The molecule has 0 bridgehead atoms. The molecule has 0 spiro atoms. The lowest BCUT2D eigenvalue weighted by molar-refractivity contribution is 0.281. The molecule has 1 heterocycles. The van der Waals surface area contributed by atoms with Gasteiger partial charge in [0.1, 0.15) is 11.4 Å². The molecule has 0 unspecified atom stereocenters. The zero-order chi connectivity index (χ0) is 12.1. The summed E-state index contributed by atoms with van der Waals surface area (Å²) in [7, 11) is 0. The van der Waals surface area contributed by atoms with Crippen LogP contribution in [0, 0.1) is 0 Å². The Hall–Kier alpha value is -1.98. The molecule has 1 aromatic heterocycles. The molecule has 1 aromatic carbocycles. The Morgan fingerprint density at radius 3 is 2.47 bits per heavy atom. The van der Waals surface area contributed by atoms with Gasteiger partial charge in [-0.25, -0.2) is 4.98 Å². The highest BCUT2D eigenvalue weighted by Gasteiger charge is 2.05. The van der Waals surface area contributed by atoms with Gasteiger partial charge in [0.05, 0.1) is 6.61 Å². The lowest BCUT2D eigenvalue weighted by atomic mass is 10.2. The van der Waals surface area contributed by atoms with Gasteiger partial charge < -0.3 is 15.6 Å². The molecule has 0 aliphatic rings. The van der Waals surface area contributed by atoms with Crippen molar-refractivity contribution in [2.24, 2.45) is 5.73 Å². The molecule has 0 radical (unpaired) electrons. The summed E-state index contributed by atoms with van der Waals surface area (Å²) in [5, 5.41) is 8.92. The summed E-state index contributed by atoms with van der Waals surface area (Å²) in [4.78, 5) is 8.15. The van der Waals surface area contributed by atoms with Crippen LogP contribution in [-0.2, 0) is 13.2 Å². The minimum absolute atomic E-state index is 0.0134. The van der Waals surface area contributed by atoms with Crippen molar-refractivity contribution in [3.8, 4) is 11.6 Å². The summed E-state index contributed by atoms with van der Waals surface area (Å²) < 4.78 is 5.56. The number of aromatic nitrogens is 2. The third-order valence-electron chi connectivity index (χ3n) is 2.25. The number of nitrogens with zero attached hydrogens (tertiary/aromatic N) is 2. The number of ether oxygens (including phenoxy) is 1. The molecule has 3 N–H and O–H groups in total. The van der Waals surface area contributed by atoms with E-state index in [4.69, 9.17) is 15.6 Å². The van der Waals surface area contributed by atoms with E-state index in [1.807, 2.05) is 0 Å². The van der Waals surface area contributed by atoms with Crippen molar-refractivity contribution < 1.29 is 9.84 Å². The van der Waals surface area contributed by atoms with Crippen LogP contribution in [0.1, 0.15) is 11.3 Å². The maximum atomic E-state index is 8.92. The molecular formula is C12H13N3O2. The Kier molecular flexibility index (Phi) is 3.64. The van der Waals surface area contributed by atoms with E-state index in [0.29, 0.717) is 17.3 Å². The third-order valence-corrected chi connectivity index (χ3v) is 2.25. The number of rotatable bonds is 4. The molecule has 2 aromatic rings. The number of benzene rings is 1. The molecule has 17 heavy (non-hydrogen) atoms. The van der Waals surface area contributed by atoms with Crippen LogP contribution in [-0.4, -0.2) is 15.1 Å². The Morgan fingerprint density at radius 2 is 1.82 bits per heavy atom. The van der Waals surface area contributed by atoms with E-state index in [2.05, 4.69) is 9.97 Å². The van der Waals surface area contributed by atoms with Crippen LogP contribution in [0.4, 0.5) is 0 Å². The zero-order valence-corrected chi connectivity index (χ0v) is 9.21. The van der Waals surface area contributed by atoms with Gasteiger partial charge in [0.25, 0.3) is 0 Å². The minimum Gasteiger partial charge on any atom is -0.437 e. The van der Waals surface area contributed by atoms with E-state index in [-0.39, 0.29) is 13.2 Å². The highest BCUT2D eigenvalue weighted by atomic mass is 16.5. The topological polar surface area (TPSA) is 81.3 Å². The molecule has 5 nitrogen and oxygen atoms in total. The van der Waals surface area contributed by atoms with Gasteiger partial charge >= 0.3 is 0 Å². The number of hydrogen-bond acceptors (Lipinski definition) is 5. The van der Waals surface area contributed by atoms with Crippen LogP contribution in [0.2, 0.25) is 0 Å². The second-order valence-corrected chi connectivity index (χ2v) is 3.42. The standard InChI is InChI=1S/C12H13N3O2/c13-7-11-12(15-6-5-14-11)17-10-3-1-9(8-16)2-4-10/h1-6,16H,7-8,13H2. The summed E-state index contributed by atoms with van der Waals surface area (Å²) >= 11 is 0. The first kappa shape index (κ1) is 11.5. The smallest absolute Gasteiger partial charge is 0.242 e. The van der Waals surface area contributed by atoms with Gasteiger partial charge in [-0.2, -0.15) is 0 Å². The SMILES string of the molecule is NCc1nccnc1Oc1ccc(CO)cc1. The van der Waals surface area contributed by atoms with Crippen LogP contribution in [0.25, 0.3) is 0 Å². The maximum Gasteiger partial charge on any atom is 0.242 e. The largest absolute Gasteiger partial charge is 0.437 e. The van der Waals surface area contributed by atoms with E-state index in [1.165, 1.54) is 0 Å². The first-order valence-corrected chi connectivity index (χ1v) is 5.21. The zero-order valence-electron chi connectivity index (χ0n) is 9.21. The molecule has 0 atom stereocenters. The van der Waals surface area contributed by atoms with Crippen LogP contribution in [0.15, 0.2) is 36.7 Å². The van der Waals surface area contributed by atoms with Gasteiger partial charge in [-0.1, -0.05) is 12.1 Å². The average Bonchev–Trinajstić information content (AvgIpc) is 2.40. The fourth-order valence-corrected chi connectivity index (χ4v) is 1.35. The van der Waals surface area contributed by atoms with Crippen LogP contribution in [0.5, 0.6) is 11.6 Å². The number of hydrogen-bond donors (Lipinski definition) is 2. The molecule has 0 amide bonds. The number of aliphatic hydroxyl groups is 1. The Morgan fingerprint density at radius 1 is 1.12 bits per heavy atom. The summed E-state index contributed by atoms with van der Waals surface area (Å²) in [6, 6.07) is 7.10. The van der Waals surface area contributed by atoms with Crippen molar-refractivity contribution in [1.82, 2.24) is 9.97 Å². The van der Waals surface area contributed by atoms with Gasteiger partial charge in [0, 0.05) is 18.9 Å². The molecule has 0 fully saturated rings. The molecule has 0 aliphatic heterocycles. The predicted octanol–water partition coefficient (Wildman–Crippen LogP) is 1.22. The van der Waals surface area contributed by atoms with Crippen LogP contribution < -0.4 is 10.5 Å². The predicted molar refractivity (Wildman–Crippen MR) is 62.4 cm³/mol. The van der Waals surface area contributed by atoms with Gasteiger partial charge in [-0.15, -0.1) is 0 Å². The highest BCUT2D eigenvalue weighted by molar-refractivity contribution is 5.31. The van der Waals surface area contributed by atoms with E-state index in [1.54, 1.807) is 36.7 Å². The minimum atomic E-state index is 0.0134. The molecular weight excluding hydrogens is 218 g/mol. The Balaban J connectivity index is 2.19. The normalized spacial score (nSPS) is 10.2. The summed E-state index contributed by atoms with van der Waals surface area (Å²) in [6.45, 7) is 0.289. The molecule has 0 aliphatic carbocycles. The summed E-state index contributed by atoms with van der Waals surface area (Å²) in [5.41, 5.74) is 6.97. The molecule has 5 heteroatoms. The maximum absolute atomic E-state index is 8.92. The fraction of sp³-hybridized carbons (Fsp3) is 0.167. The molecule has 88 valence electrons.